The normalized spacial score (nSPS) is 9.85. The third-order valence-electron chi connectivity index (χ3n) is 3.46. The van der Waals surface area contributed by atoms with Crippen molar-refractivity contribution in [3.63, 3.8) is 0 Å². The first-order chi connectivity index (χ1) is 13.0. The maximum atomic E-state index is 12.1. The van der Waals surface area contributed by atoms with E-state index in [-0.39, 0.29) is 23.4 Å². The highest BCUT2D eigenvalue weighted by molar-refractivity contribution is 6.40. The van der Waals surface area contributed by atoms with E-state index in [2.05, 4.69) is 25.1 Å². The average molecular weight is 371 g/mol. The van der Waals surface area contributed by atoms with Gasteiger partial charge in [-0.25, -0.2) is 9.59 Å². The summed E-state index contributed by atoms with van der Waals surface area (Å²) in [7, 11) is 2.36. The number of amides is 2. The van der Waals surface area contributed by atoms with E-state index in [0.29, 0.717) is 5.69 Å². The smallest absolute Gasteiger partial charge is 0.339 e. The SMILES string of the molecule is COC(=O)c1ccc(C(=O)OC)c(NC(=O)C(=O)NCc2ccccn2)c1. The summed E-state index contributed by atoms with van der Waals surface area (Å²) < 4.78 is 9.24. The number of hydrogen-bond donors (Lipinski definition) is 2. The summed E-state index contributed by atoms with van der Waals surface area (Å²) in [5, 5.41) is 4.71. The summed E-state index contributed by atoms with van der Waals surface area (Å²) in [6.07, 6.45) is 1.56. The maximum absolute atomic E-state index is 12.1. The highest BCUT2D eigenvalue weighted by Gasteiger charge is 2.20. The van der Waals surface area contributed by atoms with Gasteiger partial charge in [0.15, 0.2) is 0 Å². The van der Waals surface area contributed by atoms with Gasteiger partial charge >= 0.3 is 23.8 Å². The first-order valence-electron chi connectivity index (χ1n) is 7.76. The Morgan fingerprint density at radius 3 is 2.33 bits per heavy atom. The van der Waals surface area contributed by atoms with Gasteiger partial charge in [-0.05, 0) is 30.3 Å². The predicted molar refractivity (Wildman–Crippen MR) is 93.8 cm³/mol. The number of hydrogen-bond acceptors (Lipinski definition) is 7. The standard InChI is InChI=1S/C18H17N3O6/c1-26-17(24)11-6-7-13(18(25)27-2)14(9-11)21-16(23)15(22)20-10-12-5-3-4-8-19-12/h3-9H,10H2,1-2H3,(H,20,22)(H,21,23). The first-order valence-corrected chi connectivity index (χ1v) is 7.76. The van der Waals surface area contributed by atoms with Crippen LogP contribution in [-0.4, -0.2) is 43.0 Å². The molecule has 27 heavy (non-hydrogen) atoms. The molecular formula is C18H17N3O6. The molecule has 0 aliphatic heterocycles. The zero-order valence-corrected chi connectivity index (χ0v) is 14.6. The molecule has 0 radical (unpaired) electrons. The van der Waals surface area contributed by atoms with Crippen molar-refractivity contribution in [1.82, 2.24) is 10.3 Å². The van der Waals surface area contributed by atoms with Gasteiger partial charge in [-0.1, -0.05) is 6.07 Å². The third kappa shape index (κ3) is 5.11. The fourth-order valence-electron chi connectivity index (χ4n) is 2.11. The minimum absolute atomic E-state index is 0.0176. The molecule has 140 valence electrons. The number of nitrogens with one attached hydrogen (secondary N) is 2. The molecule has 9 heteroatoms. The lowest BCUT2D eigenvalue weighted by Gasteiger charge is -2.11. The quantitative estimate of drug-likeness (QED) is 0.591. The topological polar surface area (TPSA) is 124 Å². The summed E-state index contributed by atoms with van der Waals surface area (Å²) in [6.45, 7) is 0.0547. The van der Waals surface area contributed by atoms with Crippen molar-refractivity contribution in [3.05, 3.63) is 59.4 Å². The van der Waals surface area contributed by atoms with Gasteiger partial charge in [0.05, 0.1) is 43.3 Å². The van der Waals surface area contributed by atoms with Gasteiger partial charge in [0, 0.05) is 6.20 Å². The molecule has 0 aliphatic carbocycles. The Balaban J connectivity index is 2.15. The fourth-order valence-corrected chi connectivity index (χ4v) is 2.11. The molecule has 2 amide bonds. The van der Waals surface area contributed by atoms with Crippen molar-refractivity contribution in [3.8, 4) is 0 Å². The molecule has 1 aromatic heterocycles. The molecule has 0 bridgehead atoms. The van der Waals surface area contributed by atoms with E-state index in [9.17, 15) is 19.2 Å². The Morgan fingerprint density at radius 2 is 1.70 bits per heavy atom. The van der Waals surface area contributed by atoms with Gasteiger partial charge in [-0.3, -0.25) is 14.6 Å². The largest absolute Gasteiger partial charge is 0.465 e. The van der Waals surface area contributed by atoms with Gasteiger partial charge < -0.3 is 20.1 Å². The number of benzene rings is 1. The first kappa shape index (κ1) is 19.6. The molecule has 2 N–H and O–H groups in total. The highest BCUT2D eigenvalue weighted by Crippen LogP contribution is 2.19. The predicted octanol–water partition coefficient (Wildman–Crippen LogP) is 0.910. The number of esters is 2. The Labute approximate surface area is 154 Å². The zero-order valence-electron chi connectivity index (χ0n) is 14.6. The Hall–Kier alpha value is -3.75. The van der Waals surface area contributed by atoms with Crippen LogP contribution in [-0.2, 0) is 25.6 Å². The van der Waals surface area contributed by atoms with Gasteiger partial charge in [0.25, 0.3) is 0 Å². The van der Waals surface area contributed by atoms with Crippen LogP contribution in [0, 0.1) is 0 Å². The number of carbonyl (C=O) groups excluding carboxylic acids is 4. The highest BCUT2D eigenvalue weighted by atomic mass is 16.5. The number of ether oxygens (including phenoxy) is 2. The van der Waals surface area contributed by atoms with E-state index in [1.54, 1.807) is 24.4 Å². The van der Waals surface area contributed by atoms with Crippen LogP contribution in [0.2, 0.25) is 0 Å². The van der Waals surface area contributed by atoms with E-state index in [1.807, 2.05) is 0 Å². The third-order valence-corrected chi connectivity index (χ3v) is 3.46. The van der Waals surface area contributed by atoms with Crippen LogP contribution in [0.1, 0.15) is 26.4 Å². The van der Waals surface area contributed by atoms with Crippen molar-refractivity contribution >= 4 is 29.4 Å². The summed E-state index contributed by atoms with van der Waals surface area (Å²) in [5.74, 6) is -3.35. The van der Waals surface area contributed by atoms with Crippen LogP contribution in [0.4, 0.5) is 5.69 Å². The van der Waals surface area contributed by atoms with E-state index < -0.39 is 23.8 Å². The number of aromatic nitrogens is 1. The van der Waals surface area contributed by atoms with Crippen LogP contribution < -0.4 is 10.6 Å². The number of carbonyl (C=O) groups is 4. The molecule has 9 nitrogen and oxygen atoms in total. The molecule has 0 unspecified atom stereocenters. The Kier molecular flexibility index (Phi) is 6.59. The number of anilines is 1. The van der Waals surface area contributed by atoms with Crippen molar-refractivity contribution in [2.45, 2.75) is 6.54 Å². The van der Waals surface area contributed by atoms with E-state index >= 15 is 0 Å². The van der Waals surface area contributed by atoms with Gasteiger partial charge in [-0.2, -0.15) is 0 Å². The molecule has 2 aromatic rings. The molecule has 0 fully saturated rings. The second-order valence-electron chi connectivity index (χ2n) is 5.20. The van der Waals surface area contributed by atoms with E-state index in [1.165, 1.54) is 32.4 Å². The lowest BCUT2D eigenvalue weighted by molar-refractivity contribution is -0.136. The lowest BCUT2D eigenvalue weighted by Crippen LogP contribution is -2.35. The summed E-state index contributed by atoms with van der Waals surface area (Å²) in [5.41, 5.74) is 0.592. The zero-order chi connectivity index (χ0) is 19.8. The van der Waals surface area contributed by atoms with Crippen molar-refractivity contribution in [2.75, 3.05) is 19.5 Å². The molecule has 0 atom stereocenters. The van der Waals surface area contributed by atoms with Gasteiger partial charge in [0.2, 0.25) is 0 Å². The van der Waals surface area contributed by atoms with Crippen molar-refractivity contribution < 1.29 is 28.7 Å². The molecule has 1 aromatic carbocycles. The number of nitrogens with zero attached hydrogens (tertiary/aromatic N) is 1. The Bertz CT molecular complexity index is 867. The summed E-state index contributed by atoms with van der Waals surface area (Å²) >= 11 is 0. The molecule has 0 spiro atoms. The van der Waals surface area contributed by atoms with Crippen LogP contribution in [0.3, 0.4) is 0 Å². The van der Waals surface area contributed by atoms with Crippen LogP contribution in [0.15, 0.2) is 42.6 Å². The number of rotatable bonds is 5. The summed E-state index contributed by atoms with van der Waals surface area (Å²) in [6, 6.07) is 9.01. The second kappa shape index (κ2) is 9.09. The maximum Gasteiger partial charge on any atom is 0.339 e. The molecule has 0 saturated carbocycles. The van der Waals surface area contributed by atoms with Crippen LogP contribution in [0.25, 0.3) is 0 Å². The minimum atomic E-state index is -1.02. The summed E-state index contributed by atoms with van der Waals surface area (Å²) in [4.78, 5) is 51.7. The van der Waals surface area contributed by atoms with Crippen molar-refractivity contribution in [2.24, 2.45) is 0 Å². The fraction of sp³-hybridized carbons (Fsp3) is 0.167. The van der Waals surface area contributed by atoms with Gasteiger partial charge in [0.1, 0.15) is 0 Å². The lowest BCUT2D eigenvalue weighted by atomic mass is 10.1. The Morgan fingerprint density at radius 1 is 0.963 bits per heavy atom. The van der Waals surface area contributed by atoms with Crippen LogP contribution >= 0.6 is 0 Å². The van der Waals surface area contributed by atoms with Gasteiger partial charge in [-0.15, -0.1) is 0 Å². The molecule has 1 heterocycles. The van der Waals surface area contributed by atoms with E-state index in [4.69, 9.17) is 0 Å². The molecular weight excluding hydrogens is 354 g/mol. The minimum Gasteiger partial charge on any atom is -0.465 e. The molecule has 0 aliphatic rings. The van der Waals surface area contributed by atoms with Crippen molar-refractivity contribution in [1.29, 1.82) is 0 Å². The average Bonchev–Trinajstić information content (AvgIpc) is 2.71. The van der Waals surface area contributed by atoms with E-state index in [0.717, 1.165) is 0 Å². The second-order valence-corrected chi connectivity index (χ2v) is 5.20. The number of methoxy groups -OCH3 is 2. The number of pyridine rings is 1. The monoisotopic (exact) mass is 371 g/mol. The molecule has 2 rings (SSSR count). The van der Waals surface area contributed by atoms with Crippen LogP contribution in [0.5, 0.6) is 0 Å². The molecule has 0 saturated heterocycles.